The quantitative estimate of drug-likeness (QED) is 0.850. The molecule has 0 radical (unpaired) electrons. The van der Waals surface area contributed by atoms with Crippen molar-refractivity contribution < 1.29 is 9.47 Å². The molecule has 0 N–H and O–H groups in total. The fraction of sp³-hybridized carbons (Fsp3) is 0.444. The number of nitrogens with zero attached hydrogens (tertiary/aromatic N) is 4. The number of fused-ring (bicyclic) bond motifs is 1. The lowest BCUT2D eigenvalue weighted by Crippen LogP contribution is -2.50. The van der Waals surface area contributed by atoms with Crippen LogP contribution in [0.2, 0.25) is 0 Å². The topological polar surface area (TPSA) is 50.7 Å². The molecule has 0 amide bonds. The van der Waals surface area contributed by atoms with Gasteiger partial charge in [0.25, 0.3) is 0 Å². The fourth-order valence-corrected chi connectivity index (χ4v) is 3.53. The molecule has 1 aromatic heterocycles. The van der Waals surface area contributed by atoms with Crippen molar-refractivity contribution in [3.05, 3.63) is 48.2 Å². The van der Waals surface area contributed by atoms with Crippen molar-refractivity contribution in [1.29, 1.82) is 0 Å². The highest BCUT2D eigenvalue weighted by atomic mass is 16.5. The minimum Gasteiger partial charge on any atom is -0.481 e. The Kier molecular flexibility index (Phi) is 4.32. The van der Waals surface area contributed by atoms with Gasteiger partial charge in [-0.1, -0.05) is 30.3 Å². The van der Waals surface area contributed by atoms with E-state index in [2.05, 4.69) is 50.1 Å². The van der Waals surface area contributed by atoms with E-state index in [1.54, 1.807) is 19.4 Å². The number of aromatic nitrogens is 2. The first-order valence-corrected chi connectivity index (χ1v) is 8.35. The molecular weight excluding hydrogens is 304 g/mol. The second-order valence-electron chi connectivity index (χ2n) is 6.24. The van der Waals surface area contributed by atoms with Gasteiger partial charge in [0.2, 0.25) is 11.8 Å². The van der Waals surface area contributed by atoms with Crippen LogP contribution in [-0.4, -0.2) is 60.4 Å². The van der Waals surface area contributed by atoms with Gasteiger partial charge < -0.3 is 14.4 Å². The molecule has 2 aromatic rings. The van der Waals surface area contributed by atoms with Gasteiger partial charge in [0.05, 0.1) is 25.9 Å². The van der Waals surface area contributed by atoms with Crippen LogP contribution in [0.4, 0.5) is 5.95 Å². The van der Waals surface area contributed by atoms with Crippen molar-refractivity contribution in [1.82, 2.24) is 14.9 Å². The van der Waals surface area contributed by atoms with Crippen LogP contribution in [0, 0.1) is 0 Å². The zero-order valence-electron chi connectivity index (χ0n) is 13.8. The normalized spacial score (nSPS) is 24.0. The third-order valence-electron chi connectivity index (χ3n) is 4.75. The average molecular weight is 326 g/mol. The Morgan fingerprint density at radius 1 is 1.21 bits per heavy atom. The van der Waals surface area contributed by atoms with Crippen molar-refractivity contribution in [3.63, 3.8) is 0 Å². The van der Waals surface area contributed by atoms with Crippen LogP contribution < -0.4 is 9.64 Å². The smallest absolute Gasteiger partial charge is 0.228 e. The molecular formula is C18H22N4O2. The van der Waals surface area contributed by atoms with E-state index in [0.717, 1.165) is 32.8 Å². The Hall–Kier alpha value is -2.18. The third kappa shape index (κ3) is 3.07. The maximum absolute atomic E-state index is 6.01. The molecule has 0 aliphatic carbocycles. The Morgan fingerprint density at radius 3 is 2.92 bits per heavy atom. The third-order valence-corrected chi connectivity index (χ3v) is 4.75. The molecule has 0 unspecified atom stereocenters. The van der Waals surface area contributed by atoms with Gasteiger partial charge in [-0.15, -0.1) is 0 Å². The van der Waals surface area contributed by atoms with Gasteiger partial charge in [0, 0.05) is 38.4 Å². The lowest BCUT2D eigenvalue weighted by molar-refractivity contribution is -0.0499. The molecule has 2 atom stereocenters. The van der Waals surface area contributed by atoms with Gasteiger partial charge in [-0.25, -0.2) is 4.98 Å². The standard InChI is InChI=1S/C18H22N4O2/c1-23-17-7-8-19-18(20-17)22-12-15-16(13-22)24-10-9-21(15)11-14-5-3-2-4-6-14/h2-8,15-16H,9-13H2,1H3/t15-,16+/m0/s1. The van der Waals surface area contributed by atoms with Gasteiger partial charge in [-0.3, -0.25) is 4.90 Å². The van der Waals surface area contributed by atoms with Gasteiger partial charge in [-0.05, 0) is 5.56 Å². The number of benzene rings is 1. The Labute approximate surface area is 142 Å². The predicted octanol–water partition coefficient (Wildman–Crippen LogP) is 1.57. The molecule has 2 aliphatic rings. The molecule has 6 heteroatoms. The molecule has 4 rings (SSSR count). The van der Waals surface area contributed by atoms with Gasteiger partial charge in [0.15, 0.2) is 0 Å². The first kappa shape index (κ1) is 15.4. The number of hydrogen-bond acceptors (Lipinski definition) is 6. The molecule has 2 fully saturated rings. The highest BCUT2D eigenvalue weighted by Crippen LogP contribution is 2.27. The van der Waals surface area contributed by atoms with Crippen LogP contribution in [0.5, 0.6) is 5.88 Å². The van der Waals surface area contributed by atoms with Crippen LogP contribution >= 0.6 is 0 Å². The second kappa shape index (κ2) is 6.75. The lowest BCUT2D eigenvalue weighted by atomic mass is 10.1. The van der Waals surface area contributed by atoms with Crippen molar-refractivity contribution in [3.8, 4) is 5.88 Å². The molecule has 126 valence electrons. The van der Waals surface area contributed by atoms with Gasteiger partial charge in [0.1, 0.15) is 0 Å². The van der Waals surface area contributed by atoms with E-state index >= 15 is 0 Å². The molecule has 2 saturated heterocycles. The van der Waals surface area contributed by atoms with Crippen LogP contribution in [-0.2, 0) is 11.3 Å². The Bertz CT molecular complexity index is 682. The summed E-state index contributed by atoms with van der Waals surface area (Å²) in [5.41, 5.74) is 1.34. The van der Waals surface area contributed by atoms with E-state index in [1.165, 1.54) is 5.56 Å². The van der Waals surface area contributed by atoms with Crippen molar-refractivity contribution in [2.24, 2.45) is 0 Å². The van der Waals surface area contributed by atoms with Crippen LogP contribution in [0.1, 0.15) is 5.56 Å². The molecule has 1 aromatic carbocycles. The first-order chi connectivity index (χ1) is 11.8. The zero-order chi connectivity index (χ0) is 16.4. The molecule has 0 spiro atoms. The second-order valence-corrected chi connectivity index (χ2v) is 6.24. The van der Waals surface area contributed by atoms with E-state index in [1.807, 2.05) is 0 Å². The van der Waals surface area contributed by atoms with Gasteiger partial charge in [-0.2, -0.15) is 4.98 Å². The maximum Gasteiger partial charge on any atom is 0.228 e. The molecule has 0 bridgehead atoms. The molecule has 3 heterocycles. The number of morpholine rings is 1. The number of ether oxygens (including phenoxy) is 2. The van der Waals surface area contributed by atoms with Crippen LogP contribution in [0.3, 0.4) is 0 Å². The number of anilines is 1. The van der Waals surface area contributed by atoms with Crippen molar-refractivity contribution in [2.75, 3.05) is 38.3 Å². The summed E-state index contributed by atoms with van der Waals surface area (Å²) in [5, 5.41) is 0. The summed E-state index contributed by atoms with van der Waals surface area (Å²) in [4.78, 5) is 13.6. The van der Waals surface area contributed by atoms with E-state index < -0.39 is 0 Å². The predicted molar refractivity (Wildman–Crippen MR) is 91.2 cm³/mol. The maximum atomic E-state index is 6.01. The number of rotatable bonds is 4. The summed E-state index contributed by atoms with van der Waals surface area (Å²) < 4.78 is 11.2. The van der Waals surface area contributed by atoms with E-state index in [4.69, 9.17) is 9.47 Å². The Balaban J connectivity index is 1.49. The minimum atomic E-state index is 0.206. The largest absolute Gasteiger partial charge is 0.481 e. The molecule has 0 saturated carbocycles. The summed E-state index contributed by atoms with van der Waals surface area (Å²) >= 11 is 0. The average Bonchev–Trinajstić information content (AvgIpc) is 3.08. The van der Waals surface area contributed by atoms with Crippen LogP contribution in [0.15, 0.2) is 42.6 Å². The SMILES string of the molecule is COc1ccnc(N2C[C@H]3OCCN(Cc4ccccc4)[C@H]3C2)n1. The number of methoxy groups -OCH3 is 1. The van der Waals surface area contributed by atoms with E-state index in [9.17, 15) is 0 Å². The summed E-state index contributed by atoms with van der Waals surface area (Å²) in [7, 11) is 1.63. The van der Waals surface area contributed by atoms with Crippen molar-refractivity contribution in [2.45, 2.75) is 18.7 Å². The first-order valence-electron chi connectivity index (χ1n) is 8.35. The lowest BCUT2D eigenvalue weighted by Gasteiger charge is -2.36. The highest BCUT2D eigenvalue weighted by molar-refractivity contribution is 5.35. The van der Waals surface area contributed by atoms with E-state index in [-0.39, 0.29) is 6.10 Å². The zero-order valence-corrected chi connectivity index (χ0v) is 13.8. The minimum absolute atomic E-state index is 0.206. The monoisotopic (exact) mass is 326 g/mol. The molecule has 6 nitrogen and oxygen atoms in total. The summed E-state index contributed by atoms with van der Waals surface area (Å²) in [6, 6.07) is 12.8. The number of hydrogen-bond donors (Lipinski definition) is 0. The van der Waals surface area contributed by atoms with Crippen molar-refractivity contribution >= 4 is 5.95 Å². The summed E-state index contributed by atoms with van der Waals surface area (Å²) in [6.07, 6.45) is 1.95. The molecule has 24 heavy (non-hydrogen) atoms. The summed E-state index contributed by atoms with van der Waals surface area (Å²) in [5.74, 6) is 1.31. The Morgan fingerprint density at radius 2 is 2.08 bits per heavy atom. The van der Waals surface area contributed by atoms with Gasteiger partial charge >= 0.3 is 0 Å². The van der Waals surface area contributed by atoms with E-state index in [0.29, 0.717) is 17.9 Å². The highest BCUT2D eigenvalue weighted by Gasteiger charge is 2.40. The summed E-state index contributed by atoms with van der Waals surface area (Å²) in [6.45, 7) is 4.40. The van der Waals surface area contributed by atoms with Crippen LogP contribution in [0.25, 0.3) is 0 Å². The fourth-order valence-electron chi connectivity index (χ4n) is 3.53. The molecule has 2 aliphatic heterocycles.